The van der Waals surface area contributed by atoms with Gasteiger partial charge in [0.25, 0.3) is 0 Å². The standard InChI is InChI=1S/C40H37N2O.C16H18N.Ir/c1-24(2)28-19-20-30-31-15-12-16-32(39(31)43-37(30)23-28)40-41-35-17-10-11-18-36(35)42(40)38-33(25(3)4)21-29(22-34(38)26(5)6)27-13-8-7-9-14-27;1-12(2)9-15-10-16(17-11-13(15)3)14-7-5-4-6-8-14;/h7-15,17-26H,1-6H3;4-7,10-12H,9H2,1-3H3;/q2*-1;/i;3D3,9D2;. The number of furan rings is 1. The Morgan fingerprint density at radius 1 is 0.705 bits per heavy atom. The minimum atomic E-state index is -2.40. The van der Waals surface area contributed by atoms with Gasteiger partial charge in [-0.25, -0.2) is 0 Å². The molecule has 311 valence electrons. The van der Waals surface area contributed by atoms with Gasteiger partial charge in [0.15, 0.2) is 0 Å². The van der Waals surface area contributed by atoms with Crippen molar-refractivity contribution in [3.8, 4) is 39.5 Å². The number of pyridine rings is 1. The quantitative estimate of drug-likeness (QED) is 0.135. The number of nitrogens with zero attached hydrogens (tertiary/aromatic N) is 3. The number of aromatic nitrogens is 3. The number of imidazole rings is 1. The van der Waals surface area contributed by atoms with E-state index in [4.69, 9.17) is 16.3 Å². The van der Waals surface area contributed by atoms with Crippen molar-refractivity contribution >= 4 is 33.0 Å². The molecule has 0 unspecified atom stereocenters. The summed E-state index contributed by atoms with van der Waals surface area (Å²) in [4.78, 5) is 9.47. The number of hydrogen-bond donors (Lipinski definition) is 0. The molecule has 61 heavy (non-hydrogen) atoms. The van der Waals surface area contributed by atoms with Gasteiger partial charge in [0.1, 0.15) is 5.58 Å². The first-order valence-electron chi connectivity index (χ1n) is 23.5. The molecule has 6 aromatic carbocycles. The molecule has 3 heterocycles. The van der Waals surface area contributed by atoms with Crippen LogP contribution < -0.4 is 0 Å². The number of aryl methyl sites for hydroxylation is 1. The third-order valence-electron chi connectivity index (χ3n) is 11.0. The Bertz CT molecular complexity index is 3100. The van der Waals surface area contributed by atoms with Gasteiger partial charge < -0.3 is 14.0 Å². The fraction of sp³-hybridized carbons (Fsp3) is 0.250. The van der Waals surface area contributed by atoms with Crippen LogP contribution in [0.5, 0.6) is 0 Å². The Morgan fingerprint density at radius 2 is 1.43 bits per heavy atom. The topological polar surface area (TPSA) is 43.9 Å². The molecule has 0 bridgehead atoms. The van der Waals surface area contributed by atoms with Gasteiger partial charge in [0.05, 0.1) is 22.4 Å². The zero-order valence-corrected chi connectivity index (χ0v) is 38.5. The predicted octanol–water partition coefficient (Wildman–Crippen LogP) is 15.5. The second kappa shape index (κ2) is 18.6. The summed E-state index contributed by atoms with van der Waals surface area (Å²) in [6.07, 6.45) is -0.491. The van der Waals surface area contributed by atoms with Crippen LogP contribution in [0.1, 0.15) is 108 Å². The number of rotatable bonds is 9. The summed E-state index contributed by atoms with van der Waals surface area (Å²) in [6, 6.07) is 49.9. The molecule has 0 atom stereocenters. The maximum Gasteiger partial charge on any atom is 0.121 e. The first-order chi connectivity index (χ1) is 30.9. The molecule has 5 heteroatoms. The van der Waals surface area contributed by atoms with Crippen molar-refractivity contribution in [2.75, 3.05) is 0 Å². The first kappa shape index (κ1) is 37.2. The average molecular weight is 983 g/mol. The van der Waals surface area contributed by atoms with Crippen LogP contribution in [0.25, 0.3) is 72.4 Å². The maximum atomic E-state index is 8.28. The molecule has 0 aliphatic heterocycles. The summed E-state index contributed by atoms with van der Waals surface area (Å²) in [5.74, 6) is 1.52. The van der Waals surface area contributed by atoms with E-state index in [1.165, 1.54) is 45.8 Å². The van der Waals surface area contributed by atoms with Crippen molar-refractivity contribution in [2.24, 2.45) is 5.92 Å². The van der Waals surface area contributed by atoms with E-state index in [0.29, 0.717) is 29.0 Å². The predicted molar refractivity (Wildman–Crippen MR) is 252 cm³/mol. The summed E-state index contributed by atoms with van der Waals surface area (Å²) in [6.45, 7) is 14.6. The molecule has 0 N–H and O–H groups in total. The van der Waals surface area contributed by atoms with Gasteiger partial charge in [-0.15, -0.1) is 54.1 Å². The van der Waals surface area contributed by atoms with E-state index in [1.54, 1.807) is 19.9 Å². The first-order valence-corrected chi connectivity index (χ1v) is 21.0. The van der Waals surface area contributed by atoms with Crippen LogP contribution in [0.2, 0.25) is 0 Å². The third kappa shape index (κ3) is 8.92. The Hall–Kier alpha value is -5.61. The van der Waals surface area contributed by atoms with Gasteiger partial charge in [-0.3, -0.25) is 4.98 Å². The Kier molecular flexibility index (Phi) is 11.3. The smallest absolute Gasteiger partial charge is 0.121 e. The molecule has 0 amide bonds. The summed E-state index contributed by atoms with van der Waals surface area (Å²) in [5.41, 5.74) is 13.6. The van der Waals surface area contributed by atoms with E-state index in [1.807, 2.05) is 24.3 Å². The van der Waals surface area contributed by atoms with Crippen LogP contribution in [0, 0.1) is 24.9 Å². The largest absolute Gasteiger partial charge is 0.501 e. The van der Waals surface area contributed by atoms with Gasteiger partial charge in [-0.1, -0.05) is 133 Å². The van der Waals surface area contributed by atoms with Crippen molar-refractivity contribution in [3.63, 3.8) is 0 Å². The van der Waals surface area contributed by atoms with Gasteiger partial charge in [0, 0.05) is 44.2 Å². The molecule has 9 aromatic rings. The van der Waals surface area contributed by atoms with Crippen molar-refractivity contribution < 1.29 is 31.4 Å². The zero-order valence-electron chi connectivity index (χ0n) is 41.1. The average Bonchev–Trinajstić information content (AvgIpc) is 3.87. The van der Waals surface area contributed by atoms with E-state index < -0.39 is 13.2 Å². The molecular weight excluding hydrogens is 923 g/mol. The van der Waals surface area contributed by atoms with Gasteiger partial charge >= 0.3 is 0 Å². The summed E-state index contributed by atoms with van der Waals surface area (Å²) >= 11 is 0. The Balaban J connectivity index is 0.000000239. The number of fused-ring (bicyclic) bond motifs is 4. The maximum absolute atomic E-state index is 8.28. The van der Waals surface area contributed by atoms with Crippen LogP contribution in [-0.2, 0) is 26.5 Å². The molecule has 1 radical (unpaired) electrons. The van der Waals surface area contributed by atoms with E-state index >= 15 is 0 Å². The number of para-hydroxylation sites is 2. The van der Waals surface area contributed by atoms with Crippen molar-refractivity contribution in [1.29, 1.82) is 0 Å². The van der Waals surface area contributed by atoms with Crippen molar-refractivity contribution in [1.82, 2.24) is 14.5 Å². The van der Waals surface area contributed by atoms with Gasteiger partial charge in [0.2, 0.25) is 0 Å². The minimum Gasteiger partial charge on any atom is -0.501 e. The zero-order chi connectivity index (χ0) is 46.4. The number of hydrogen-bond acceptors (Lipinski definition) is 3. The summed E-state index contributed by atoms with van der Waals surface area (Å²) in [7, 11) is 0. The monoisotopic (exact) mass is 983 g/mol. The molecule has 4 nitrogen and oxygen atoms in total. The molecule has 0 spiro atoms. The van der Waals surface area contributed by atoms with Crippen LogP contribution in [0.15, 0.2) is 138 Å². The van der Waals surface area contributed by atoms with E-state index in [9.17, 15) is 0 Å². The second-order valence-corrected chi connectivity index (χ2v) is 16.7. The van der Waals surface area contributed by atoms with E-state index in [2.05, 4.69) is 154 Å². The SMILES string of the molecule is CC(C)c1ccc2c(c1)oc1c(-c3nc4ccccc4n3-c3c(C(C)C)cc(-c4ccccc4)cc3C(C)C)[c-]ccc12.[2H]C([2H])([2H])c1cnc(-c2[c-]cccc2)cc1C([2H])([2H])C(C)C.[Ir]. The fourth-order valence-electron chi connectivity index (χ4n) is 7.90. The normalized spacial score (nSPS) is 13.2. The molecule has 0 aliphatic rings. The molecular formula is C56H55IrN3O-2. The minimum absolute atomic E-state index is 0. The molecule has 0 saturated carbocycles. The molecule has 0 aliphatic carbocycles. The van der Waals surface area contributed by atoms with Crippen LogP contribution >= 0.6 is 0 Å². The van der Waals surface area contributed by atoms with E-state index in [-0.39, 0.29) is 37.2 Å². The van der Waals surface area contributed by atoms with Crippen molar-refractivity contribution in [3.05, 3.63) is 174 Å². The molecule has 9 rings (SSSR count). The summed E-state index contributed by atoms with van der Waals surface area (Å²) in [5, 5.41) is 2.21. The third-order valence-corrected chi connectivity index (χ3v) is 11.0. The van der Waals surface area contributed by atoms with Gasteiger partial charge in [-0.05, 0) is 106 Å². The fourth-order valence-corrected chi connectivity index (χ4v) is 7.90. The molecule has 0 fully saturated rings. The van der Waals surface area contributed by atoms with Crippen LogP contribution in [0.4, 0.5) is 0 Å². The number of benzene rings is 6. The van der Waals surface area contributed by atoms with Crippen LogP contribution in [-0.4, -0.2) is 14.5 Å². The van der Waals surface area contributed by atoms with E-state index in [0.717, 1.165) is 44.4 Å². The molecule has 0 saturated heterocycles. The Labute approximate surface area is 382 Å². The van der Waals surface area contributed by atoms with Gasteiger partial charge in [-0.2, -0.15) is 0 Å². The summed E-state index contributed by atoms with van der Waals surface area (Å²) < 4.78 is 48.5. The van der Waals surface area contributed by atoms with Crippen LogP contribution in [0.3, 0.4) is 0 Å². The Morgan fingerprint density at radius 3 is 2.10 bits per heavy atom. The van der Waals surface area contributed by atoms with Crippen molar-refractivity contribution in [2.45, 2.75) is 86.4 Å². The second-order valence-electron chi connectivity index (χ2n) is 16.7. The molecule has 3 aromatic heterocycles.